The Hall–Kier alpha value is -1.13. The summed E-state index contributed by atoms with van der Waals surface area (Å²) in [6.45, 7) is 3.43. The summed E-state index contributed by atoms with van der Waals surface area (Å²) in [6, 6.07) is 0. The van der Waals surface area contributed by atoms with Crippen molar-refractivity contribution in [3.05, 3.63) is 23.5 Å². The zero-order chi connectivity index (χ0) is 11.2. The van der Waals surface area contributed by atoms with Gasteiger partial charge >= 0.3 is 0 Å². The van der Waals surface area contributed by atoms with Gasteiger partial charge in [-0.15, -0.1) is 0 Å². The lowest BCUT2D eigenvalue weighted by Gasteiger charge is -2.39. The highest BCUT2D eigenvalue weighted by atomic mass is 16.5. The summed E-state index contributed by atoms with van der Waals surface area (Å²) in [5.74, 6) is -0.0485. The highest BCUT2D eigenvalue weighted by Crippen LogP contribution is 2.34. The van der Waals surface area contributed by atoms with Crippen molar-refractivity contribution in [3.8, 4) is 0 Å². The molecule has 1 heterocycles. The standard InChI is InChI=1S/C11H14O4/c1-6-3-7-4-9(12)11(2,14)10(13)8(7)5-15-6/h3-4,8,10,13-14H,5H2,1-2H3/t8-,10+,11+/m0/s1. The number of aliphatic hydroxyl groups excluding tert-OH is 1. The molecule has 2 rings (SSSR count). The number of fused-ring (bicyclic) bond motifs is 1. The Kier molecular flexibility index (Phi) is 2.20. The molecule has 2 N–H and O–H groups in total. The molecular weight excluding hydrogens is 196 g/mol. The second kappa shape index (κ2) is 3.18. The van der Waals surface area contributed by atoms with Crippen LogP contribution >= 0.6 is 0 Å². The third-order valence-corrected chi connectivity index (χ3v) is 3.04. The molecule has 1 aliphatic carbocycles. The second-order valence-electron chi connectivity index (χ2n) is 4.27. The molecule has 0 radical (unpaired) electrons. The molecule has 3 atom stereocenters. The monoisotopic (exact) mass is 210 g/mol. The smallest absolute Gasteiger partial charge is 0.189 e. The van der Waals surface area contributed by atoms with Gasteiger partial charge in [0.2, 0.25) is 0 Å². The van der Waals surface area contributed by atoms with E-state index in [1.54, 1.807) is 13.0 Å². The molecule has 4 heteroatoms. The van der Waals surface area contributed by atoms with Gasteiger partial charge < -0.3 is 14.9 Å². The van der Waals surface area contributed by atoms with Crippen LogP contribution in [-0.2, 0) is 9.53 Å². The van der Waals surface area contributed by atoms with Crippen LogP contribution in [0.2, 0.25) is 0 Å². The Balaban J connectivity index is 2.44. The number of aliphatic hydroxyl groups is 2. The van der Waals surface area contributed by atoms with Crippen LogP contribution in [0.15, 0.2) is 23.5 Å². The van der Waals surface area contributed by atoms with Crippen LogP contribution < -0.4 is 0 Å². The number of rotatable bonds is 0. The summed E-state index contributed by atoms with van der Waals surface area (Å²) in [6.07, 6.45) is 2.02. The Morgan fingerprint density at radius 3 is 2.87 bits per heavy atom. The number of hydrogen-bond acceptors (Lipinski definition) is 4. The molecule has 0 spiro atoms. The maximum Gasteiger partial charge on any atom is 0.189 e. The first-order valence-electron chi connectivity index (χ1n) is 4.90. The lowest BCUT2D eigenvalue weighted by molar-refractivity contribution is -0.150. The van der Waals surface area contributed by atoms with Gasteiger partial charge in [-0.3, -0.25) is 4.79 Å². The van der Waals surface area contributed by atoms with E-state index in [0.29, 0.717) is 6.61 Å². The zero-order valence-electron chi connectivity index (χ0n) is 8.73. The fraction of sp³-hybridized carbons (Fsp3) is 0.545. The average molecular weight is 210 g/mol. The van der Waals surface area contributed by atoms with Gasteiger partial charge in [-0.25, -0.2) is 0 Å². The lowest BCUT2D eigenvalue weighted by atomic mass is 9.75. The molecule has 0 fully saturated rings. The lowest BCUT2D eigenvalue weighted by Crippen LogP contribution is -2.54. The van der Waals surface area contributed by atoms with E-state index in [0.717, 1.165) is 11.3 Å². The van der Waals surface area contributed by atoms with E-state index in [1.807, 2.05) is 0 Å². The van der Waals surface area contributed by atoms with E-state index in [-0.39, 0.29) is 5.92 Å². The van der Waals surface area contributed by atoms with Crippen molar-refractivity contribution in [3.63, 3.8) is 0 Å². The van der Waals surface area contributed by atoms with Crippen LogP contribution in [0, 0.1) is 5.92 Å². The van der Waals surface area contributed by atoms with Crippen molar-refractivity contribution in [1.29, 1.82) is 0 Å². The third kappa shape index (κ3) is 1.50. The summed E-state index contributed by atoms with van der Waals surface area (Å²) in [4.78, 5) is 11.5. The van der Waals surface area contributed by atoms with Gasteiger partial charge in [0.1, 0.15) is 0 Å². The average Bonchev–Trinajstić information content (AvgIpc) is 2.15. The normalized spacial score (nSPS) is 40.1. The molecule has 4 nitrogen and oxygen atoms in total. The molecule has 1 aliphatic heterocycles. The Labute approximate surface area is 87.9 Å². The first kappa shape index (κ1) is 10.4. The molecular formula is C11H14O4. The highest BCUT2D eigenvalue weighted by Gasteiger charge is 2.47. The Bertz CT molecular complexity index is 365. The largest absolute Gasteiger partial charge is 0.497 e. The number of ether oxygens (including phenoxy) is 1. The molecule has 0 saturated heterocycles. The summed E-state index contributed by atoms with van der Waals surface area (Å²) in [5.41, 5.74) is -0.959. The summed E-state index contributed by atoms with van der Waals surface area (Å²) < 4.78 is 5.28. The third-order valence-electron chi connectivity index (χ3n) is 3.04. The number of ketones is 1. The number of hydrogen-bond donors (Lipinski definition) is 2. The minimum absolute atomic E-state index is 0.304. The van der Waals surface area contributed by atoms with E-state index < -0.39 is 17.5 Å². The predicted octanol–water partition coefficient (Wildman–Crippen LogP) is 0.158. The van der Waals surface area contributed by atoms with Crippen LogP contribution in [0.4, 0.5) is 0 Å². The highest BCUT2D eigenvalue weighted by molar-refractivity contribution is 5.99. The fourth-order valence-corrected chi connectivity index (χ4v) is 1.96. The predicted molar refractivity (Wildman–Crippen MR) is 52.9 cm³/mol. The fourth-order valence-electron chi connectivity index (χ4n) is 1.96. The molecule has 0 aromatic carbocycles. The topological polar surface area (TPSA) is 66.8 Å². The summed E-state index contributed by atoms with van der Waals surface area (Å²) in [7, 11) is 0. The molecule has 0 amide bonds. The molecule has 0 bridgehead atoms. The van der Waals surface area contributed by atoms with Crippen molar-refractivity contribution in [2.75, 3.05) is 6.61 Å². The number of carbonyl (C=O) groups is 1. The number of allylic oxidation sites excluding steroid dienone is 2. The number of carbonyl (C=O) groups excluding carboxylic acids is 1. The van der Waals surface area contributed by atoms with Crippen molar-refractivity contribution >= 4 is 5.78 Å². The van der Waals surface area contributed by atoms with E-state index >= 15 is 0 Å². The quantitative estimate of drug-likeness (QED) is 0.597. The molecule has 2 aliphatic rings. The minimum Gasteiger partial charge on any atom is -0.497 e. The van der Waals surface area contributed by atoms with E-state index in [4.69, 9.17) is 4.74 Å². The van der Waals surface area contributed by atoms with E-state index in [1.165, 1.54) is 13.0 Å². The van der Waals surface area contributed by atoms with Gasteiger partial charge in [0.25, 0.3) is 0 Å². The van der Waals surface area contributed by atoms with Crippen LogP contribution in [0.5, 0.6) is 0 Å². The molecule has 0 aromatic heterocycles. The van der Waals surface area contributed by atoms with Gasteiger partial charge in [-0.05, 0) is 31.6 Å². The maximum absolute atomic E-state index is 11.5. The van der Waals surface area contributed by atoms with Gasteiger partial charge in [-0.1, -0.05) is 0 Å². The second-order valence-corrected chi connectivity index (χ2v) is 4.27. The van der Waals surface area contributed by atoms with Crippen molar-refractivity contribution in [2.24, 2.45) is 5.92 Å². The molecule has 0 unspecified atom stereocenters. The van der Waals surface area contributed by atoms with Crippen LogP contribution in [0.3, 0.4) is 0 Å². The maximum atomic E-state index is 11.5. The SMILES string of the molecule is CC1=CC2=CC(=O)[C@@](C)(O)[C@H](O)[C@H]2CO1. The molecule has 0 aromatic rings. The van der Waals surface area contributed by atoms with Crippen molar-refractivity contribution in [1.82, 2.24) is 0 Å². The Morgan fingerprint density at radius 1 is 1.53 bits per heavy atom. The van der Waals surface area contributed by atoms with Crippen LogP contribution in [0.25, 0.3) is 0 Å². The van der Waals surface area contributed by atoms with Crippen LogP contribution in [0.1, 0.15) is 13.8 Å². The Morgan fingerprint density at radius 2 is 2.20 bits per heavy atom. The zero-order valence-corrected chi connectivity index (χ0v) is 8.73. The first-order valence-corrected chi connectivity index (χ1v) is 4.90. The molecule has 82 valence electrons. The van der Waals surface area contributed by atoms with Crippen molar-refractivity contribution in [2.45, 2.75) is 25.6 Å². The van der Waals surface area contributed by atoms with Crippen molar-refractivity contribution < 1.29 is 19.7 Å². The van der Waals surface area contributed by atoms with E-state index in [2.05, 4.69) is 0 Å². The van der Waals surface area contributed by atoms with Gasteiger partial charge in [0.15, 0.2) is 11.4 Å². The van der Waals surface area contributed by atoms with Gasteiger partial charge in [-0.2, -0.15) is 0 Å². The first-order chi connectivity index (χ1) is 6.93. The van der Waals surface area contributed by atoms with Crippen LogP contribution in [-0.4, -0.2) is 34.3 Å². The minimum atomic E-state index is -1.70. The molecule has 15 heavy (non-hydrogen) atoms. The molecule has 0 saturated carbocycles. The van der Waals surface area contributed by atoms with Gasteiger partial charge in [0.05, 0.1) is 18.5 Å². The van der Waals surface area contributed by atoms with Gasteiger partial charge in [0, 0.05) is 5.92 Å². The summed E-state index contributed by atoms with van der Waals surface area (Å²) >= 11 is 0. The summed E-state index contributed by atoms with van der Waals surface area (Å²) in [5, 5.41) is 19.7. The van der Waals surface area contributed by atoms with E-state index in [9.17, 15) is 15.0 Å².